The van der Waals surface area contributed by atoms with Gasteiger partial charge in [0.2, 0.25) is 5.91 Å². The maximum absolute atomic E-state index is 12.7. The third-order valence-electron chi connectivity index (χ3n) is 4.05. The van der Waals surface area contributed by atoms with E-state index in [0.29, 0.717) is 31.0 Å². The molecule has 2 N–H and O–H groups in total. The number of hydrogen-bond donors (Lipinski definition) is 2. The summed E-state index contributed by atoms with van der Waals surface area (Å²) in [5.74, 6) is 6.18. The fraction of sp³-hybridized carbons (Fsp3) is 0.474. The highest BCUT2D eigenvalue weighted by Gasteiger charge is 2.30. The number of aliphatic imine (C=N–C) groups is 1. The van der Waals surface area contributed by atoms with Crippen LogP contribution in [0.5, 0.6) is 0 Å². The third kappa shape index (κ3) is 7.58. The molecule has 0 spiro atoms. The first-order valence-corrected chi connectivity index (χ1v) is 8.74. The van der Waals surface area contributed by atoms with Crippen LogP contribution in [-0.2, 0) is 11.0 Å². The smallest absolute Gasteiger partial charge is 0.357 e. The number of nitrogens with one attached hydrogen (secondary N) is 2. The molecule has 1 unspecified atom stereocenters. The Morgan fingerprint density at radius 3 is 2.79 bits per heavy atom. The Bertz CT molecular complexity index is 756. The van der Waals surface area contributed by atoms with Crippen molar-refractivity contribution < 1.29 is 18.0 Å². The Labute approximate surface area is 180 Å². The summed E-state index contributed by atoms with van der Waals surface area (Å²) < 4.78 is 38.1. The predicted octanol–water partition coefficient (Wildman–Crippen LogP) is 2.85. The molecule has 0 saturated carbocycles. The van der Waals surface area contributed by atoms with Gasteiger partial charge in [-0.15, -0.1) is 24.0 Å². The normalized spacial score (nSPS) is 17.3. The van der Waals surface area contributed by atoms with Crippen molar-refractivity contribution in [3.8, 4) is 11.8 Å². The molecule has 28 heavy (non-hydrogen) atoms. The second-order valence-electron chi connectivity index (χ2n) is 6.23. The number of carbonyl (C=O) groups is 1. The summed E-state index contributed by atoms with van der Waals surface area (Å²) in [5.41, 5.74) is -0.422. The van der Waals surface area contributed by atoms with Crippen molar-refractivity contribution in [1.82, 2.24) is 15.5 Å². The summed E-state index contributed by atoms with van der Waals surface area (Å²) >= 11 is 0. The first kappa shape index (κ1) is 24.1. The van der Waals surface area contributed by atoms with E-state index in [1.807, 2.05) is 6.92 Å². The van der Waals surface area contributed by atoms with Crippen LogP contribution < -0.4 is 10.6 Å². The van der Waals surface area contributed by atoms with Crippen LogP contribution in [-0.4, -0.2) is 49.5 Å². The van der Waals surface area contributed by atoms with E-state index >= 15 is 0 Å². The molecule has 1 heterocycles. The minimum atomic E-state index is -4.38. The average molecular weight is 508 g/mol. The van der Waals surface area contributed by atoms with Gasteiger partial charge in [0.15, 0.2) is 5.96 Å². The average Bonchev–Trinajstić information content (AvgIpc) is 2.61. The van der Waals surface area contributed by atoms with Crippen LogP contribution in [0.1, 0.15) is 30.9 Å². The monoisotopic (exact) mass is 508 g/mol. The summed E-state index contributed by atoms with van der Waals surface area (Å²) in [4.78, 5) is 17.6. The van der Waals surface area contributed by atoms with Crippen molar-refractivity contribution in [2.45, 2.75) is 32.0 Å². The van der Waals surface area contributed by atoms with Crippen LogP contribution in [0.3, 0.4) is 0 Å². The Morgan fingerprint density at radius 1 is 1.39 bits per heavy atom. The molecule has 2 rings (SSSR count). The number of likely N-dealkylation sites (N-methyl/N-ethyl adjacent to an activating group) is 1. The largest absolute Gasteiger partial charge is 0.416 e. The molecule has 0 aromatic heterocycles. The number of benzene rings is 1. The number of rotatable bonds is 3. The van der Waals surface area contributed by atoms with Gasteiger partial charge in [0, 0.05) is 38.2 Å². The highest BCUT2D eigenvalue weighted by atomic mass is 127. The topological polar surface area (TPSA) is 56.7 Å². The van der Waals surface area contributed by atoms with Gasteiger partial charge >= 0.3 is 6.18 Å². The van der Waals surface area contributed by atoms with Crippen LogP contribution in [0.15, 0.2) is 29.3 Å². The first-order valence-electron chi connectivity index (χ1n) is 8.74. The van der Waals surface area contributed by atoms with Crippen molar-refractivity contribution in [3.05, 3.63) is 35.4 Å². The Balaban J connectivity index is 0.00000392. The van der Waals surface area contributed by atoms with E-state index in [2.05, 4.69) is 27.5 Å². The zero-order valence-corrected chi connectivity index (χ0v) is 18.1. The molecular formula is C19H24F3IN4O. The van der Waals surface area contributed by atoms with E-state index in [-0.39, 0.29) is 42.5 Å². The zero-order valence-electron chi connectivity index (χ0n) is 15.8. The number of likely N-dealkylation sites (tertiary alicyclic amines) is 1. The summed E-state index contributed by atoms with van der Waals surface area (Å²) in [6.07, 6.45) is -3.17. The van der Waals surface area contributed by atoms with E-state index in [4.69, 9.17) is 0 Å². The van der Waals surface area contributed by atoms with E-state index in [1.165, 1.54) is 12.1 Å². The van der Waals surface area contributed by atoms with Gasteiger partial charge in [-0.2, -0.15) is 13.2 Å². The first-order chi connectivity index (χ1) is 12.8. The highest BCUT2D eigenvalue weighted by molar-refractivity contribution is 14.0. The minimum absolute atomic E-state index is 0. The molecule has 1 aliphatic rings. The molecular weight excluding hydrogens is 484 g/mol. The minimum Gasteiger partial charge on any atom is -0.357 e. The number of carbonyl (C=O) groups excluding carboxylic acids is 1. The number of guanidine groups is 1. The Morgan fingerprint density at radius 2 is 2.14 bits per heavy atom. The van der Waals surface area contributed by atoms with Gasteiger partial charge in [-0.1, -0.05) is 17.9 Å². The van der Waals surface area contributed by atoms with Crippen LogP contribution in [0.25, 0.3) is 0 Å². The maximum atomic E-state index is 12.7. The van der Waals surface area contributed by atoms with Gasteiger partial charge in [-0.05, 0) is 31.5 Å². The van der Waals surface area contributed by atoms with Gasteiger partial charge in [0.05, 0.1) is 5.56 Å². The van der Waals surface area contributed by atoms with Crippen LogP contribution in [0, 0.1) is 11.8 Å². The molecule has 1 aromatic rings. The molecule has 1 aromatic carbocycles. The molecule has 1 amide bonds. The number of nitrogens with zero attached hydrogens (tertiary/aromatic N) is 2. The maximum Gasteiger partial charge on any atom is 0.416 e. The Hall–Kier alpha value is -1.96. The van der Waals surface area contributed by atoms with Crippen LogP contribution in [0.2, 0.25) is 0 Å². The fourth-order valence-electron chi connectivity index (χ4n) is 2.68. The predicted molar refractivity (Wildman–Crippen MR) is 114 cm³/mol. The third-order valence-corrected chi connectivity index (χ3v) is 4.05. The second kappa shape index (κ2) is 11.1. The zero-order chi connectivity index (χ0) is 19.9. The molecule has 1 saturated heterocycles. The quantitative estimate of drug-likeness (QED) is 0.286. The molecule has 1 atom stereocenters. The summed E-state index contributed by atoms with van der Waals surface area (Å²) in [6.45, 7) is 3.34. The summed E-state index contributed by atoms with van der Waals surface area (Å²) in [7, 11) is 1.76. The van der Waals surface area contributed by atoms with Gasteiger partial charge in [-0.25, -0.2) is 4.99 Å². The SMILES string of the molecule is CCNC(=NCC#Cc1cccc(C(F)(F)F)c1)NC1CCC(=O)N(C)C1.I. The lowest BCUT2D eigenvalue weighted by atomic mass is 10.1. The number of amides is 1. The molecule has 1 fully saturated rings. The van der Waals surface area contributed by atoms with Crippen molar-refractivity contribution >= 4 is 35.8 Å². The number of piperidine rings is 1. The van der Waals surface area contributed by atoms with E-state index in [0.717, 1.165) is 18.6 Å². The number of halogens is 4. The van der Waals surface area contributed by atoms with Crippen molar-refractivity contribution in [2.75, 3.05) is 26.7 Å². The number of alkyl halides is 3. The second-order valence-corrected chi connectivity index (χ2v) is 6.23. The number of hydrogen-bond acceptors (Lipinski definition) is 2. The van der Waals surface area contributed by atoms with Gasteiger partial charge in [0.25, 0.3) is 0 Å². The van der Waals surface area contributed by atoms with Gasteiger partial charge < -0.3 is 15.5 Å². The molecule has 5 nitrogen and oxygen atoms in total. The summed E-state index contributed by atoms with van der Waals surface area (Å²) in [6, 6.07) is 5.01. The lowest BCUT2D eigenvalue weighted by Gasteiger charge is -2.31. The molecule has 9 heteroatoms. The van der Waals surface area contributed by atoms with Gasteiger partial charge in [-0.3, -0.25) is 4.79 Å². The van der Waals surface area contributed by atoms with E-state index in [9.17, 15) is 18.0 Å². The van der Waals surface area contributed by atoms with E-state index in [1.54, 1.807) is 11.9 Å². The van der Waals surface area contributed by atoms with Crippen molar-refractivity contribution in [2.24, 2.45) is 4.99 Å². The van der Waals surface area contributed by atoms with Crippen LogP contribution in [0.4, 0.5) is 13.2 Å². The molecule has 1 aliphatic heterocycles. The fourth-order valence-corrected chi connectivity index (χ4v) is 2.68. The van der Waals surface area contributed by atoms with Gasteiger partial charge in [0.1, 0.15) is 6.54 Å². The molecule has 0 aliphatic carbocycles. The molecule has 0 bridgehead atoms. The molecule has 154 valence electrons. The van der Waals surface area contributed by atoms with Crippen molar-refractivity contribution in [1.29, 1.82) is 0 Å². The molecule has 0 radical (unpaired) electrons. The highest BCUT2D eigenvalue weighted by Crippen LogP contribution is 2.29. The Kier molecular flexibility index (Phi) is 9.58. The summed E-state index contributed by atoms with van der Waals surface area (Å²) in [5, 5.41) is 6.37. The van der Waals surface area contributed by atoms with Crippen LogP contribution >= 0.6 is 24.0 Å². The van der Waals surface area contributed by atoms with Crippen molar-refractivity contribution in [3.63, 3.8) is 0 Å². The van der Waals surface area contributed by atoms with E-state index < -0.39 is 11.7 Å². The lowest BCUT2D eigenvalue weighted by molar-refractivity contribution is -0.137. The standard InChI is InChI=1S/C19H23F3N4O.HI/c1-3-23-18(25-16-9-10-17(27)26(2)13-16)24-11-5-7-14-6-4-8-15(12-14)19(20,21)22;/h4,6,8,12,16H,3,9-11,13H2,1-2H3,(H2,23,24,25);1H. The lowest BCUT2D eigenvalue weighted by Crippen LogP contribution is -2.51.